The van der Waals surface area contributed by atoms with E-state index >= 15 is 0 Å². The number of anilines is 2. The summed E-state index contributed by atoms with van der Waals surface area (Å²) in [6, 6.07) is 15.3. The van der Waals surface area contributed by atoms with Crippen molar-refractivity contribution < 1.29 is 18.7 Å². The summed E-state index contributed by atoms with van der Waals surface area (Å²) in [4.78, 5) is 25.9. The van der Waals surface area contributed by atoms with Crippen molar-refractivity contribution in [1.29, 1.82) is 0 Å². The lowest BCUT2D eigenvalue weighted by Crippen LogP contribution is -2.26. The number of rotatable bonds is 11. The molecule has 0 aliphatic heterocycles. The van der Waals surface area contributed by atoms with Gasteiger partial charge in [-0.05, 0) is 42.8 Å². The van der Waals surface area contributed by atoms with E-state index in [2.05, 4.69) is 32.2 Å². The second kappa shape index (κ2) is 13.2. The molecule has 2 N–H and O–H groups in total. The van der Waals surface area contributed by atoms with Crippen molar-refractivity contribution in [3.05, 3.63) is 120 Å². The number of hydrogen-bond acceptors (Lipinski definition) is 7. The Morgan fingerprint density at radius 3 is 2.74 bits per heavy atom. The van der Waals surface area contributed by atoms with Gasteiger partial charge in [0.1, 0.15) is 18.2 Å². The second-order valence-corrected chi connectivity index (χ2v) is 8.51. The minimum absolute atomic E-state index is 0.0870. The van der Waals surface area contributed by atoms with Crippen LogP contribution in [0.25, 0.3) is 11.4 Å². The van der Waals surface area contributed by atoms with Crippen LogP contribution in [0.4, 0.5) is 15.9 Å². The van der Waals surface area contributed by atoms with Crippen LogP contribution in [0, 0.1) is 5.82 Å². The van der Waals surface area contributed by atoms with Crippen LogP contribution in [0.2, 0.25) is 5.02 Å². The molecule has 0 radical (unpaired) electrons. The van der Waals surface area contributed by atoms with Gasteiger partial charge in [0, 0.05) is 17.4 Å². The van der Waals surface area contributed by atoms with E-state index in [0.29, 0.717) is 22.2 Å². The first-order valence-corrected chi connectivity index (χ1v) is 12.3. The molecule has 2 aromatic heterocycles. The number of nitrogens with one attached hydrogen (secondary N) is 2. The molecular formula is C29H25ClFN5O3. The number of benzene rings is 2. The van der Waals surface area contributed by atoms with E-state index in [1.165, 1.54) is 43.1 Å². The fourth-order valence-electron chi connectivity index (χ4n) is 3.49. The van der Waals surface area contributed by atoms with E-state index < -0.39 is 11.7 Å². The zero-order valence-corrected chi connectivity index (χ0v) is 21.8. The number of nitrogens with zero attached hydrogens (tertiary/aromatic N) is 3. The summed E-state index contributed by atoms with van der Waals surface area (Å²) < 4.78 is 25.9. The van der Waals surface area contributed by atoms with Gasteiger partial charge in [-0.15, -0.1) is 0 Å². The molecule has 39 heavy (non-hydrogen) atoms. The Morgan fingerprint density at radius 2 is 1.97 bits per heavy atom. The van der Waals surface area contributed by atoms with Gasteiger partial charge in [0.15, 0.2) is 17.4 Å². The average molecular weight is 546 g/mol. The fourth-order valence-corrected chi connectivity index (χ4v) is 3.67. The number of carbonyl (C=O) groups is 1. The van der Waals surface area contributed by atoms with Crippen molar-refractivity contribution in [3.63, 3.8) is 0 Å². The van der Waals surface area contributed by atoms with Crippen LogP contribution in [0.5, 0.6) is 5.75 Å². The van der Waals surface area contributed by atoms with Crippen LogP contribution in [0.3, 0.4) is 0 Å². The number of pyridine rings is 1. The number of halogens is 2. The molecule has 0 saturated carbocycles. The molecule has 0 fully saturated rings. The molecule has 4 aromatic rings. The monoisotopic (exact) mass is 545 g/mol. The van der Waals surface area contributed by atoms with Crippen LogP contribution in [-0.2, 0) is 11.3 Å². The summed E-state index contributed by atoms with van der Waals surface area (Å²) in [6.45, 7) is 5.70. The highest BCUT2D eigenvalue weighted by molar-refractivity contribution is 6.30. The molecule has 4 rings (SSSR count). The summed E-state index contributed by atoms with van der Waals surface area (Å²) in [7, 11) is 0. The zero-order valence-electron chi connectivity index (χ0n) is 21.0. The molecule has 10 heteroatoms. The van der Waals surface area contributed by atoms with E-state index in [4.69, 9.17) is 21.1 Å². The zero-order chi connectivity index (χ0) is 27.6. The predicted octanol–water partition coefficient (Wildman–Crippen LogP) is 6.45. The first kappa shape index (κ1) is 27.3. The predicted molar refractivity (Wildman–Crippen MR) is 148 cm³/mol. The molecule has 0 bridgehead atoms. The molecule has 8 nitrogen and oxygen atoms in total. The smallest absolute Gasteiger partial charge is 0.255 e. The van der Waals surface area contributed by atoms with Crippen LogP contribution >= 0.6 is 11.6 Å². The molecule has 0 aliphatic rings. The van der Waals surface area contributed by atoms with Gasteiger partial charge in [-0.1, -0.05) is 48.5 Å². The first-order valence-electron chi connectivity index (χ1n) is 11.9. The van der Waals surface area contributed by atoms with Crippen molar-refractivity contribution in [3.8, 4) is 17.1 Å². The number of allylic oxidation sites excluding steroid dienone is 1. The highest BCUT2D eigenvalue weighted by Gasteiger charge is 2.18. The van der Waals surface area contributed by atoms with Crippen molar-refractivity contribution in [2.75, 3.05) is 11.9 Å². The Morgan fingerprint density at radius 1 is 1.15 bits per heavy atom. The summed E-state index contributed by atoms with van der Waals surface area (Å²) in [6.07, 6.45) is 7.40. The lowest BCUT2D eigenvalue weighted by molar-refractivity contribution is 0.0952. The van der Waals surface area contributed by atoms with Crippen LogP contribution in [-0.4, -0.2) is 27.4 Å². The van der Waals surface area contributed by atoms with Crippen LogP contribution in [0.15, 0.2) is 97.9 Å². The van der Waals surface area contributed by atoms with Crippen molar-refractivity contribution in [1.82, 2.24) is 20.3 Å². The molecule has 2 aromatic carbocycles. The Labute approximate surface area is 230 Å². The van der Waals surface area contributed by atoms with Gasteiger partial charge in [0.05, 0.1) is 35.8 Å². The number of carbonyl (C=O) groups excluding carboxylic acids is 1. The average Bonchev–Trinajstić information content (AvgIpc) is 2.96. The highest BCUT2D eigenvalue weighted by atomic mass is 35.5. The van der Waals surface area contributed by atoms with Gasteiger partial charge < -0.3 is 20.1 Å². The van der Waals surface area contributed by atoms with Crippen molar-refractivity contribution in [2.24, 2.45) is 0 Å². The number of aromatic nitrogens is 3. The summed E-state index contributed by atoms with van der Waals surface area (Å²) in [5.41, 5.74) is 1.69. The third-order valence-corrected chi connectivity index (χ3v) is 5.70. The van der Waals surface area contributed by atoms with Crippen LogP contribution < -0.4 is 15.4 Å². The minimum Gasteiger partial charge on any atom is -0.483 e. The summed E-state index contributed by atoms with van der Waals surface area (Å²) in [5, 5.41) is 6.26. The summed E-state index contributed by atoms with van der Waals surface area (Å²) >= 11 is 6.09. The first-order chi connectivity index (χ1) is 19.0. The van der Waals surface area contributed by atoms with Gasteiger partial charge in [-0.3, -0.25) is 9.78 Å². The van der Waals surface area contributed by atoms with Gasteiger partial charge in [-0.25, -0.2) is 14.4 Å². The molecule has 0 spiro atoms. The second-order valence-electron chi connectivity index (χ2n) is 8.07. The van der Waals surface area contributed by atoms with Gasteiger partial charge >= 0.3 is 0 Å². The minimum atomic E-state index is -0.534. The SMILES string of the molecule is C=CO/C(=C\C)CNC(=O)c1cnccc1Nc1nc(-c2cc(Cl)ccc2F)ncc1OCc1ccccc1. The quantitative estimate of drug-likeness (QED) is 0.209. The van der Waals surface area contributed by atoms with E-state index in [1.54, 1.807) is 19.1 Å². The third kappa shape index (κ3) is 7.18. The molecule has 0 aliphatic carbocycles. The Hall–Kier alpha value is -4.76. The lowest BCUT2D eigenvalue weighted by atomic mass is 10.2. The maximum atomic E-state index is 14.6. The number of ether oxygens (including phenoxy) is 2. The van der Waals surface area contributed by atoms with Crippen molar-refractivity contribution >= 4 is 29.0 Å². The highest BCUT2D eigenvalue weighted by Crippen LogP contribution is 2.31. The van der Waals surface area contributed by atoms with Gasteiger partial charge in [0.25, 0.3) is 5.91 Å². The van der Waals surface area contributed by atoms with Crippen LogP contribution in [0.1, 0.15) is 22.8 Å². The molecule has 0 unspecified atom stereocenters. The fraction of sp³-hybridized carbons (Fsp3) is 0.103. The number of hydrogen-bond donors (Lipinski definition) is 2. The Bertz CT molecular complexity index is 1500. The molecular weight excluding hydrogens is 521 g/mol. The molecule has 2 heterocycles. The molecule has 198 valence electrons. The topological polar surface area (TPSA) is 98.3 Å². The standard InChI is InChI=1S/C29H25ClFN5O3/c1-3-21(38-4-2)15-34-29(37)23-16-32-13-12-25(23)35-28-26(39-18-19-8-6-5-7-9-19)17-33-27(36-28)22-14-20(30)10-11-24(22)31/h3-14,16-17H,2,15,18H2,1H3,(H,34,37)(H,32,33,35,36)/b21-3-. The molecule has 0 atom stereocenters. The maximum Gasteiger partial charge on any atom is 0.255 e. The number of amides is 1. The van der Waals surface area contributed by atoms with E-state index in [0.717, 1.165) is 5.56 Å². The Balaban J connectivity index is 1.66. The summed E-state index contributed by atoms with van der Waals surface area (Å²) in [5.74, 6) is 0.193. The maximum absolute atomic E-state index is 14.6. The van der Waals surface area contributed by atoms with E-state index in [9.17, 15) is 9.18 Å². The van der Waals surface area contributed by atoms with Gasteiger partial charge in [-0.2, -0.15) is 0 Å². The normalized spacial score (nSPS) is 11.0. The third-order valence-electron chi connectivity index (χ3n) is 5.46. The lowest BCUT2D eigenvalue weighted by Gasteiger charge is -2.16. The van der Waals surface area contributed by atoms with Crippen molar-refractivity contribution in [2.45, 2.75) is 13.5 Å². The van der Waals surface area contributed by atoms with Gasteiger partial charge in [0.2, 0.25) is 0 Å². The molecule has 0 saturated heterocycles. The van der Waals surface area contributed by atoms with E-state index in [-0.39, 0.29) is 35.9 Å². The Kier molecular flexibility index (Phi) is 9.20. The largest absolute Gasteiger partial charge is 0.483 e. The van der Waals surface area contributed by atoms with E-state index in [1.807, 2.05) is 30.3 Å². The molecule has 1 amide bonds.